The lowest BCUT2D eigenvalue weighted by Gasteiger charge is -2.37. The number of aldehydes is 1. The molecule has 3 nitrogen and oxygen atoms in total. The van der Waals surface area contributed by atoms with Crippen LogP contribution in [0.4, 0.5) is 36.4 Å². The van der Waals surface area contributed by atoms with E-state index in [1.54, 1.807) is 0 Å². The first kappa shape index (κ1) is 19.1. The molecule has 3 rings (SSSR count). The number of hydrogen-bond acceptors (Lipinski definition) is 3. The van der Waals surface area contributed by atoms with Crippen LogP contribution < -0.4 is 4.90 Å². The maximum Gasteiger partial charge on any atom is 0.419 e. The highest BCUT2D eigenvalue weighted by Gasteiger charge is 2.41. The summed E-state index contributed by atoms with van der Waals surface area (Å²) in [5, 5.41) is 0. The summed E-state index contributed by atoms with van der Waals surface area (Å²) in [7, 11) is 0. The largest absolute Gasteiger partial charge is 0.419 e. The van der Waals surface area contributed by atoms with E-state index in [1.165, 1.54) is 0 Å². The Morgan fingerprint density at radius 2 is 1.70 bits per heavy atom. The van der Waals surface area contributed by atoms with Gasteiger partial charge in [0, 0.05) is 18.3 Å². The molecule has 2 aromatic rings. The van der Waals surface area contributed by atoms with E-state index in [0.29, 0.717) is 12.1 Å². The van der Waals surface area contributed by atoms with E-state index < -0.39 is 46.6 Å². The van der Waals surface area contributed by atoms with Gasteiger partial charge in [-0.25, -0.2) is 4.39 Å². The van der Waals surface area contributed by atoms with Crippen molar-refractivity contribution in [3.8, 4) is 0 Å². The summed E-state index contributed by atoms with van der Waals surface area (Å²) in [6.45, 7) is -0.115. The summed E-state index contributed by atoms with van der Waals surface area (Å²) in [6, 6.07) is 0.663. The number of alkyl halides is 6. The Kier molecular flexibility index (Phi) is 4.61. The highest BCUT2D eigenvalue weighted by Crippen LogP contribution is 2.43. The second kappa shape index (κ2) is 6.50. The maximum atomic E-state index is 14.6. The number of hydrogen-bond donors (Lipinski definition) is 0. The molecule has 1 atom stereocenters. The molecule has 1 unspecified atom stereocenters. The van der Waals surface area contributed by atoms with Crippen molar-refractivity contribution in [2.75, 3.05) is 11.4 Å². The predicted molar refractivity (Wildman–Crippen MR) is 80.5 cm³/mol. The van der Waals surface area contributed by atoms with Crippen molar-refractivity contribution in [2.24, 2.45) is 0 Å². The quantitative estimate of drug-likeness (QED) is 0.555. The van der Waals surface area contributed by atoms with E-state index in [9.17, 15) is 35.5 Å². The van der Waals surface area contributed by atoms with Gasteiger partial charge in [0.05, 0.1) is 23.0 Å². The van der Waals surface area contributed by atoms with Gasteiger partial charge in [0.1, 0.15) is 18.1 Å². The van der Waals surface area contributed by atoms with Gasteiger partial charge in [-0.3, -0.25) is 4.98 Å². The zero-order chi connectivity index (χ0) is 20.0. The fourth-order valence-electron chi connectivity index (χ4n) is 3.19. The summed E-state index contributed by atoms with van der Waals surface area (Å²) in [6.07, 6.45) is -7.91. The molecule has 0 bridgehead atoms. The second-order valence-electron chi connectivity index (χ2n) is 5.91. The van der Waals surface area contributed by atoms with Gasteiger partial charge in [-0.2, -0.15) is 26.3 Å². The molecule has 0 fully saturated rings. The third-order valence-corrected chi connectivity index (χ3v) is 4.37. The van der Waals surface area contributed by atoms with E-state index in [-0.39, 0.29) is 24.8 Å². The van der Waals surface area contributed by atoms with Crippen molar-refractivity contribution in [1.29, 1.82) is 0 Å². The normalized spacial score (nSPS) is 17.6. The summed E-state index contributed by atoms with van der Waals surface area (Å²) in [5.41, 5.74) is -3.60. The van der Waals surface area contributed by atoms with Gasteiger partial charge in [0.15, 0.2) is 0 Å². The third-order valence-electron chi connectivity index (χ3n) is 4.37. The van der Waals surface area contributed by atoms with Crippen LogP contribution in [0.25, 0.3) is 0 Å². The molecule has 1 aromatic heterocycles. The summed E-state index contributed by atoms with van der Waals surface area (Å²) >= 11 is 0. The molecular formula is C17H11F7N2O. The zero-order valence-electron chi connectivity index (χ0n) is 13.4. The van der Waals surface area contributed by atoms with Crippen LogP contribution in [0.2, 0.25) is 0 Å². The van der Waals surface area contributed by atoms with Crippen LogP contribution in [0.3, 0.4) is 0 Å². The summed E-state index contributed by atoms with van der Waals surface area (Å²) < 4.78 is 93.3. The van der Waals surface area contributed by atoms with Gasteiger partial charge in [-0.05, 0) is 24.1 Å². The molecule has 0 saturated carbocycles. The first-order valence-electron chi connectivity index (χ1n) is 7.67. The lowest BCUT2D eigenvalue weighted by Crippen LogP contribution is -2.38. The number of anilines is 1. The summed E-state index contributed by atoms with van der Waals surface area (Å²) in [4.78, 5) is 16.1. The number of benzene rings is 1. The number of nitrogens with zero attached hydrogens (tertiary/aromatic N) is 2. The van der Waals surface area contributed by atoms with Crippen molar-refractivity contribution in [3.05, 3.63) is 58.7 Å². The molecule has 0 radical (unpaired) electrons. The standard InChI is InChI=1S/C17H11F7N2O/c18-15-11(17(22,23)24)2-1-9-4-6-26(13(8-27)14(9)15)12-7-25-5-3-10(12)16(19,20)21/h1-3,5,7-8,13H,4,6H2. The van der Waals surface area contributed by atoms with Crippen molar-refractivity contribution in [3.63, 3.8) is 0 Å². The van der Waals surface area contributed by atoms with Crippen LogP contribution in [0.1, 0.15) is 28.3 Å². The van der Waals surface area contributed by atoms with Crippen molar-refractivity contribution >= 4 is 12.0 Å². The number of halogens is 7. The fourth-order valence-corrected chi connectivity index (χ4v) is 3.19. The molecule has 1 aliphatic rings. The highest BCUT2D eigenvalue weighted by atomic mass is 19.4. The third kappa shape index (κ3) is 3.35. The van der Waals surface area contributed by atoms with Gasteiger partial charge in [-0.1, -0.05) is 6.07 Å². The lowest BCUT2D eigenvalue weighted by atomic mass is 9.90. The minimum Gasteiger partial charge on any atom is -0.356 e. The van der Waals surface area contributed by atoms with Crippen LogP contribution in [-0.2, 0) is 23.6 Å². The Morgan fingerprint density at radius 1 is 1.04 bits per heavy atom. The number of rotatable bonds is 2. The Hall–Kier alpha value is -2.65. The smallest absolute Gasteiger partial charge is 0.356 e. The molecule has 10 heteroatoms. The van der Waals surface area contributed by atoms with Crippen LogP contribution in [-0.4, -0.2) is 17.8 Å². The van der Waals surface area contributed by atoms with E-state index in [1.807, 2.05) is 0 Å². The Bertz CT molecular complexity index is 877. The van der Waals surface area contributed by atoms with Gasteiger partial charge < -0.3 is 9.69 Å². The van der Waals surface area contributed by atoms with Crippen LogP contribution in [0, 0.1) is 5.82 Å². The molecule has 0 saturated heterocycles. The molecule has 0 N–H and O–H groups in total. The van der Waals surface area contributed by atoms with E-state index >= 15 is 0 Å². The molecular weight excluding hydrogens is 381 g/mol. The molecule has 0 spiro atoms. The van der Waals surface area contributed by atoms with Crippen molar-refractivity contribution in [1.82, 2.24) is 4.98 Å². The number of carbonyl (C=O) groups is 1. The van der Waals surface area contributed by atoms with Crippen molar-refractivity contribution in [2.45, 2.75) is 24.8 Å². The second-order valence-corrected chi connectivity index (χ2v) is 5.91. The molecule has 1 aliphatic heterocycles. The monoisotopic (exact) mass is 392 g/mol. The highest BCUT2D eigenvalue weighted by molar-refractivity contribution is 5.73. The summed E-state index contributed by atoms with van der Waals surface area (Å²) in [5.74, 6) is -1.65. The SMILES string of the molecule is O=CC1c2c(ccc(C(F)(F)F)c2F)CCN1c1cnccc1C(F)(F)F. The van der Waals surface area contributed by atoms with Gasteiger partial charge >= 0.3 is 12.4 Å². The minimum atomic E-state index is -5.00. The number of pyridine rings is 1. The number of carbonyl (C=O) groups excluding carboxylic acids is 1. The molecule has 144 valence electrons. The van der Waals surface area contributed by atoms with E-state index in [0.717, 1.165) is 23.4 Å². The number of fused-ring (bicyclic) bond motifs is 1. The zero-order valence-corrected chi connectivity index (χ0v) is 13.4. The first-order valence-corrected chi connectivity index (χ1v) is 7.67. The van der Waals surface area contributed by atoms with Gasteiger partial charge in [0.25, 0.3) is 0 Å². The van der Waals surface area contributed by atoms with E-state index in [4.69, 9.17) is 0 Å². The average Bonchev–Trinajstić information content (AvgIpc) is 2.59. The Labute approximate surface area is 148 Å². The minimum absolute atomic E-state index is 0.0269. The average molecular weight is 392 g/mol. The molecule has 2 heterocycles. The Morgan fingerprint density at radius 3 is 2.30 bits per heavy atom. The molecule has 0 aliphatic carbocycles. The Balaban J connectivity index is 2.17. The molecule has 1 aromatic carbocycles. The van der Waals surface area contributed by atoms with Crippen LogP contribution in [0.15, 0.2) is 30.6 Å². The van der Waals surface area contributed by atoms with Gasteiger partial charge in [0.2, 0.25) is 0 Å². The topological polar surface area (TPSA) is 33.2 Å². The first-order chi connectivity index (χ1) is 12.6. The van der Waals surface area contributed by atoms with Crippen LogP contribution in [0.5, 0.6) is 0 Å². The maximum absolute atomic E-state index is 14.6. The predicted octanol–water partition coefficient (Wildman–Crippen LogP) is 4.56. The van der Waals surface area contributed by atoms with Gasteiger partial charge in [-0.15, -0.1) is 0 Å². The fraction of sp³-hybridized carbons (Fsp3) is 0.294. The lowest BCUT2D eigenvalue weighted by molar-refractivity contribution is -0.140. The molecule has 0 amide bonds. The number of aromatic nitrogens is 1. The van der Waals surface area contributed by atoms with Crippen molar-refractivity contribution < 1.29 is 35.5 Å². The van der Waals surface area contributed by atoms with E-state index in [2.05, 4.69) is 4.98 Å². The van der Waals surface area contributed by atoms with Crippen LogP contribution >= 0.6 is 0 Å². The molecule has 27 heavy (non-hydrogen) atoms.